The van der Waals surface area contributed by atoms with Crippen LogP contribution < -0.4 is 10.6 Å². The Hall–Kier alpha value is -1.36. The Bertz CT molecular complexity index is 421. The lowest BCUT2D eigenvalue weighted by Gasteiger charge is -2.30. The van der Waals surface area contributed by atoms with Gasteiger partial charge in [-0.05, 0) is 38.8 Å². The van der Waals surface area contributed by atoms with Gasteiger partial charge in [-0.15, -0.1) is 0 Å². The molecule has 5 nitrogen and oxygen atoms in total. The molecule has 1 atom stereocenters. The van der Waals surface area contributed by atoms with Crippen LogP contribution in [0.2, 0.25) is 0 Å². The van der Waals surface area contributed by atoms with Crippen molar-refractivity contribution in [3.05, 3.63) is 11.9 Å². The molecule has 0 bridgehead atoms. The first kappa shape index (κ1) is 15.0. The third-order valence-corrected chi connectivity index (χ3v) is 3.96. The van der Waals surface area contributed by atoms with Gasteiger partial charge in [-0.25, -0.2) is 9.97 Å². The van der Waals surface area contributed by atoms with Crippen molar-refractivity contribution in [2.24, 2.45) is 5.92 Å². The molecule has 1 aliphatic heterocycles. The summed E-state index contributed by atoms with van der Waals surface area (Å²) >= 11 is 0. The second-order valence-electron chi connectivity index (χ2n) is 5.70. The van der Waals surface area contributed by atoms with Gasteiger partial charge in [0, 0.05) is 25.7 Å². The van der Waals surface area contributed by atoms with Crippen molar-refractivity contribution >= 4 is 11.6 Å². The van der Waals surface area contributed by atoms with Crippen LogP contribution >= 0.6 is 0 Å². The van der Waals surface area contributed by atoms with Crippen molar-refractivity contribution in [3.63, 3.8) is 0 Å². The zero-order chi connectivity index (χ0) is 14.4. The predicted octanol–water partition coefficient (Wildman–Crippen LogP) is 2.22. The topological polar surface area (TPSA) is 53.1 Å². The Balaban J connectivity index is 2.01. The highest BCUT2D eigenvalue weighted by molar-refractivity contribution is 5.57. The quantitative estimate of drug-likeness (QED) is 0.835. The average Bonchev–Trinajstić information content (AvgIpc) is 2.46. The number of nitrogens with zero attached hydrogens (tertiary/aromatic N) is 3. The Labute approximate surface area is 122 Å². The van der Waals surface area contributed by atoms with Gasteiger partial charge in [-0.3, -0.25) is 0 Å². The molecule has 0 aromatic carbocycles. The number of likely N-dealkylation sites (tertiary alicyclic amines) is 1. The van der Waals surface area contributed by atoms with Crippen molar-refractivity contribution in [2.75, 3.05) is 44.4 Å². The normalized spacial score (nSPS) is 19.9. The maximum absolute atomic E-state index is 4.43. The number of anilines is 2. The van der Waals surface area contributed by atoms with Gasteiger partial charge in [0.1, 0.15) is 18.0 Å². The van der Waals surface area contributed by atoms with Crippen molar-refractivity contribution in [1.29, 1.82) is 0 Å². The fourth-order valence-electron chi connectivity index (χ4n) is 2.95. The van der Waals surface area contributed by atoms with Crippen LogP contribution in [0.4, 0.5) is 11.6 Å². The molecule has 0 spiro atoms. The van der Waals surface area contributed by atoms with Gasteiger partial charge in [-0.1, -0.05) is 13.3 Å². The van der Waals surface area contributed by atoms with Crippen molar-refractivity contribution in [1.82, 2.24) is 14.9 Å². The fraction of sp³-hybridized carbons (Fsp3) is 0.733. The molecule has 5 heteroatoms. The van der Waals surface area contributed by atoms with E-state index < -0.39 is 0 Å². The standard InChI is InChI=1S/C15H27N5/c1-4-6-13-14(16-2)18-11-19-15(13)17-9-12-7-5-8-20(3)10-12/h11-12H,4-10H2,1-3H3,(H2,16,17,18,19). The van der Waals surface area contributed by atoms with E-state index in [9.17, 15) is 0 Å². The highest BCUT2D eigenvalue weighted by Crippen LogP contribution is 2.22. The summed E-state index contributed by atoms with van der Waals surface area (Å²) in [7, 11) is 4.12. The zero-order valence-electron chi connectivity index (χ0n) is 12.9. The third kappa shape index (κ3) is 3.82. The van der Waals surface area contributed by atoms with Crippen LogP contribution in [0.5, 0.6) is 0 Å². The van der Waals surface area contributed by atoms with E-state index in [2.05, 4.69) is 39.5 Å². The maximum Gasteiger partial charge on any atom is 0.134 e. The molecule has 0 radical (unpaired) electrons. The SMILES string of the molecule is CCCc1c(NC)ncnc1NCC1CCCN(C)C1. The van der Waals surface area contributed by atoms with Gasteiger partial charge in [0.2, 0.25) is 0 Å². The zero-order valence-corrected chi connectivity index (χ0v) is 12.9. The van der Waals surface area contributed by atoms with E-state index in [1.165, 1.54) is 31.5 Å². The average molecular weight is 277 g/mol. The van der Waals surface area contributed by atoms with E-state index in [1.807, 2.05) is 7.05 Å². The summed E-state index contributed by atoms with van der Waals surface area (Å²) in [6.07, 6.45) is 6.35. The number of rotatable bonds is 6. The summed E-state index contributed by atoms with van der Waals surface area (Å²) in [6, 6.07) is 0. The molecular weight excluding hydrogens is 250 g/mol. The summed E-state index contributed by atoms with van der Waals surface area (Å²) in [5.74, 6) is 2.67. The van der Waals surface area contributed by atoms with Crippen LogP contribution in [-0.2, 0) is 6.42 Å². The largest absolute Gasteiger partial charge is 0.373 e. The van der Waals surface area contributed by atoms with Crippen LogP contribution in [0.3, 0.4) is 0 Å². The Morgan fingerprint density at radius 2 is 2.15 bits per heavy atom. The predicted molar refractivity (Wildman–Crippen MR) is 84.3 cm³/mol. The summed E-state index contributed by atoms with van der Waals surface area (Å²) in [5.41, 5.74) is 1.21. The first-order chi connectivity index (χ1) is 9.74. The molecule has 0 aliphatic carbocycles. The molecule has 1 saturated heterocycles. The molecule has 1 aromatic rings. The van der Waals surface area contributed by atoms with Crippen LogP contribution in [0, 0.1) is 5.92 Å². The molecule has 0 saturated carbocycles. The molecule has 2 rings (SSSR count). The summed E-state index contributed by atoms with van der Waals surface area (Å²) in [6.45, 7) is 5.60. The minimum absolute atomic E-state index is 0.719. The van der Waals surface area contributed by atoms with E-state index in [0.717, 1.165) is 36.9 Å². The van der Waals surface area contributed by atoms with Crippen LogP contribution in [0.25, 0.3) is 0 Å². The second kappa shape index (κ2) is 7.43. The molecule has 1 unspecified atom stereocenters. The number of nitrogens with one attached hydrogen (secondary N) is 2. The molecule has 1 fully saturated rings. The third-order valence-electron chi connectivity index (χ3n) is 3.96. The molecule has 2 heterocycles. The van der Waals surface area contributed by atoms with Crippen molar-refractivity contribution in [2.45, 2.75) is 32.6 Å². The first-order valence-electron chi connectivity index (χ1n) is 7.68. The van der Waals surface area contributed by atoms with Gasteiger partial charge in [0.25, 0.3) is 0 Å². The number of hydrogen-bond donors (Lipinski definition) is 2. The van der Waals surface area contributed by atoms with Gasteiger partial charge in [0.05, 0.1) is 0 Å². The highest BCUT2D eigenvalue weighted by atomic mass is 15.1. The van der Waals surface area contributed by atoms with Crippen LogP contribution in [-0.4, -0.2) is 48.6 Å². The molecule has 0 amide bonds. The second-order valence-corrected chi connectivity index (χ2v) is 5.70. The van der Waals surface area contributed by atoms with E-state index in [-0.39, 0.29) is 0 Å². The van der Waals surface area contributed by atoms with E-state index in [0.29, 0.717) is 0 Å². The Kier molecular flexibility index (Phi) is 5.59. The number of aromatic nitrogens is 2. The number of piperidine rings is 1. The lowest BCUT2D eigenvalue weighted by molar-refractivity contribution is 0.217. The minimum Gasteiger partial charge on any atom is -0.373 e. The van der Waals surface area contributed by atoms with Gasteiger partial charge >= 0.3 is 0 Å². The molecule has 1 aromatic heterocycles. The lowest BCUT2D eigenvalue weighted by Crippen LogP contribution is -2.35. The van der Waals surface area contributed by atoms with Gasteiger partial charge in [-0.2, -0.15) is 0 Å². The summed E-state index contributed by atoms with van der Waals surface area (Å²) in [4.78, 5) is 11.2. The Morgan fingerprint density at radius 3 is 2.85 bits per heavy atom. The van der Waals surface area contributed by atoms with Crippen LogP contribution in [0.1, 0.15) is 31.7 Å². The first-order valence-corrected chi connectivity index (χ1v) is 7.68. The molecule has 2 N–H and O–H groups in total. The van der Waals surface area contributed by atoms with Crippen molar-refractivity contribution in [3.8, 4) is 0 Å². The molecule has 1 aliphatic rings. The van der Waals surface area contributed by atoms with E-state index in [4.69, 9.17) is 0 Å². The van der Waals surface area contributed by atoms with E-state index >= 15 is 0 Å². The molecule has 112 valence electrons. The lowest BCUT2D eigenvalue weighted by atomic mass is 9.98. The van der Waals surface area contributed by atoms with E-state index in [1.54, 1.807) is 6.33 Å². The molecule has 20 heavy (non-hydrogen) atoms. The van der Waals surface area contributed by atoms with Crippen LogP contribution in [0.15, 0.2) is 6.33 Å². The maximum atomic E-state index is 4.43. The monoisotopic (exact) mass is 277 g/mol. The summed E-state index contributed by atoms with van der Waals surface area (Å²) < 4.78 is 0. The molecular formula is C15H27N5. The van der Waals surface area contributed by atoms with Crippen molar-refractivity contribution < 1.29 is 0 Å². The summed E-state index contributed by atoms with van der Waals surface area (Å²) in [5, 5.41) is 6.71. The number of hydrogen-bond acceptors (Lipinski definition) is 5. The highest BCUT2D eigenvalue weighted by Gasteiger charge is 2.18. The fourth-order valence-corrected chi connectivity index (χ4v) is 2.95. The van der Waals surface area contributed by atoms with Gasteiger partial charge in [0.15, 0.2) is 0 Å². The Morgan fingerprint density at radius 1 is 1.35 bits per heavy atom. The van der Waals surface area contributed by atoms with Gasteiger partial charge < -0.3 is 15.5 Å². The minimum atomic E-state index is 0.719. The smallest absolute Gasteiger partial charge is 0.134 e.